The van der Waals surface area contributed by atoms with Gasteiger partial charge in [0.1, 0.15) is 5.69 Å². The molecule has 0 spiro atoms. The van der Waals surface area contributed by atoms with Gasteiger partial charge in [-0.1, -0.05) is 6.92 Å². The van der Waals surface area contributed by atoms with Crippen molar-refractivity contribution in [3.05, 3.63) is 22.4 Å². The van der Waals surface area contributed by atoms with Crippen LogP contribution in [-0.4, -0.2) is 43.9 Å². The van der Waals surface area contributed by atoms with Crippen LogP contribution in [-0.2, 0) is 16.0 Å². The Labute approximate surface area is 135 Å². The molecule has 0 aliphatic carbocycles. The number of halogens is 1. The molecule has 1 N–H and O–H groups in total. The number of carbonyl (C=O) groups is 1. The van der Waals surface area contributed by atoms with E-state index in [1.807, 2.05) is 16.8 Å². The second kappa shape index (κ2) is 10.8. The molecule has 0 saturated heterocycles. The van der Waals surface area contributed by atoms with Gasteiger partial charge in [0.25, 0.3) is 5.91 Å². The lowest BCUT2D eigenvalue weighted by Crippen LogP contribution is -2.27. The lowest BCUT2D eigenvalue weighted by Gasteiger charge is -2.09. The van der Waals surface area contributed by atoms with E-state index in [4.69, 9.17) is 9.47 Å². The van der Waals surface area contributed by atoms with E-state index in [1.165, 1.54) is 0 Å². The third-order valence-corrected chi connectivity index (χ3v) is 3.43. The maximum atomic E-state index is 12.1. The van der Waals surface area contributed by atoms with Crippen molar-refractivity contribution in [2.45, 2.75) is 32.7 Å². The first-order valence-electron chi connectivity index (χ1n) is 7.39. The number of methoxy groups -OCH3 is 1. The molecule has 1 aromatic heterocycles. The number of carbonyl (C=O) groups excluding carboxylic acids is 1. The van der Waals surface area contributed by atoms with E-state index in [-0.39, 0.29) is 5.91 Å². The topological polar surface area (TPSA) is 52.5 Å². The highest BCUT2D eigenvalue weighted by atomic mass is 79.9. The summed E-state index contributed by atoms with van der Waals surface area (Å²) in [5, 5.41) is 2.95. The minimum Gasteiger partial charge on any atom is -0.382 e. The zero-order valence-electron chi connectivity index (χ0n) is 12.9. The van der Waals surface area contributed by atoms with Crippen LogP contribution in [0.5, 0.6) is 0 Å². The van der Waals surface area contributed by atoms with Gasteiger partial charge in [0.15, 0.2) is 0 Å². The summed E-state index contributed by atoms with van der Waals surface area (Å²) >= 11 is 3.42. The molecule has 120 valence electrons. The van der Waals surface area contributed by atoms with Crippen molar-refractivity contribution in [2.75, 3.05) is 33.5 Å². The summed E-state index contributed by atoms with van der Waals surface area (Å²) in [6, 6.07) is 1.86. The van der Waals surface area contributed by atoms with Crippen molar-refractivity contribution >= 4 is 21.8 Å². The molecule has 0 aromatic carbocycles. The predicted molar refractivity (Wildman–Crippen MR) is 86.7 cm³/mol. The van der Waals surface area contributed by atoms with E-state index in [0.717, 1.165) is 30.3 Å². The summed E-state index contributed by atoms with van der Waals surface area (Å²) in [4.78, 5) is 12.1. The normalized spacial score (nSPS) is 10.8. The van der Waals surface area contributed by atoms with Crippen molar-refractivity contribution in [3.63, 3.8) is 0 Å². The van der Waals surface area contributed by atoms with E-state index in [2.05, 4.69) is 28.2 Å². The summed E-state index contributed by atoms with van der Waals surface area (Å²) in [6.07, 6.45) is 4.79. The summed E-state index contributed by atoms with van der Waals surface area (Å²) in [7, 11) is 1.66. The summed E-state index contributed by atoms with van der Waals surface area (Å²) in [6.45, 7) is 5.57. The number of aryl methyl sites for hydroxylation is 1. The minimum absolute atomic E-state index is 0.0190. The molecule has 5 nitrogen and oxygen atoms in total. The van der Waals surface area contributed by atoms with Crippen LogP contribution in [0.1, 0.15) is 36.7 Å². The number of rotatable bonds is 11. The van der Waals surface area contributed by atoms with Gasteiger partial charge >= 0.3 is 0 Å². The van der Waals surface area contributed by atoms with Gasteiger partial charge in [-0.05, 0) is 41.3 Å². The SMILES string of the molecule is CCCn1cc(Br)cc1C(=O)NCCCCOCCOC. The van der Waals surface area contributed by atoms with Gasteiger partial charge in [-0.15, -0.1) is 0 Å². The molecule has 0 fully saturated rings. The van der Waals surface area contributed by atoms with Gasteiger partial charge < -0.3 is 19.4 Å². The Kier molecular flexibility index (Phi) is 9.37. The Balaban J connectivity index is 2.22. The lowest BCUT2D eigenvalue weighted by molar-refractivity contribution is 0.0686. The van der Waals surface area contributed by atoms with Crippen molar-refractivity contribution in [2.24, 2.45) is 0 Å². The van der Waals surface area contributed by atoms with Crippen LogP contribution in [0, 0.1) is 0 Å². The number of hydrogen-bond donors (Lipinski definition) is 1. The van der Waals surface area contributed by atoms with Crippen LogP contribution >= 0.6 is 15.9 Å². The number of unbranched alkanes of at least 4 members (excludes halogenated alkanes) is 1. The maximum absolute atomic E-state index is 12.1. The monoisotopic (exact) mass is 360 g/mol. The van der Waals surface area contributed by atoms with Gasteiger partial charge in [0.05, 0.1) is 13.2 Å². The molecule has 0 aliphatic heterocycles. The van der Waals surface area contributed by atoms with Crippen LogP contribution < -0.4 is 5.32 Å². The number of amides is 1. The Bertz CT molecular complexity index is 421. The molecule has 0 saturated carbocycles. The largest absolute Gasteiger partial charge is 0.382 e. The van der Waals surface area contributed by atoms with E-state index in [9.17, 15) is 4.79 Å². The second-order valence-corrected chi connectivity index (χ2v) is 5.72. The summed E-state index contributed by atoms with van der Waals surface area (Å²) < 4.78 is 13.2. The van der Waals surface area contributed by atoms with E-state index < -0.39 is 0 Å². The smallest absolute Gasteiger partial charge is 0.267 e. The highest BCUT2D eigenvalue weighted by molar-refractivity contribution is 9.10. The molecule has 0 atom stereocenters. The molecular weight excluding hydrogens is 336 g/mol. The van der Waals surface area contributed by atoms with Crippen molar-refractivity contribution in [1.29, 1.82) is 0 Å². The summed E-state index contributed by atoms with van der Waals surface area (Å²) in [5.41, 5.74) is 0.708. The molecule has 0 aliphatic rings. The van der Waals surface area contributed by atoms with Crippen LogP contribution in [0.15, 0.2) is 16.7 Å². The predicted octanol–water partition coefficient (Wildman–Crippen LogP) is 2.83. The van der Waals surface area contributed by atoms with E-state index >= 15 is 0 Å². The Morgan fingerprint density at radius 2 is 2.14 bits per heavy atom. The zero-order chi connectivity index (χ0) is 15.5. The zero-order valence-corrected chi connectivity index (χ0v) is 14.4. The highest BCUT2D eigenvalue weighted by Crippen LogP contribution is 2.15. The van der Waals surface area contributed by atoms with Crippen molar-refractivity contribution < 1.29 is 14.3 Å². The first kappa shape index (κ1) is 18.2. The number of nitrogens with one attached hydrogen (secondary N) is 1. The average molecular weight is 361 g/mol. The van der Waals surface area contributed by atoms with Gasteiger partial charge in [-0.25, -0.2) is 0 Å². The Hall–Kier alpha value is -0.850. The number of ether oxygens (including phenoxy) is 2. The van der Waals surface area contributed by atoms with Crippen molar-refractivity contribution in [1.82, 2.24) is 9.88 Å². The molecule has 1 amide bonds. The molecule has 0 unspecified atom stereocenters. The Morgan fingerprint density at radius 1 is 1.33 bits per heavy atom. The maximum Gasteiger partial charge on any atom is 0.267 e. The number of aromatic nitrogens is 1. The molecule has 1 aromatic rings. The van der Waals surface area contributed by atoms with Crippen LogP contribution in [0.25, 0.3) is 0 Å². The first-order valence-corrected chi connectivity index (χ1v) is 8.19. The third-order valence-electron chi connectivity index (χ3n) is 2.99. The van der Waals surface area contributed by atoms with Gasteiger partial charge in [-0.2, -0.15) is 0 Å². The molecule has 21 heavy (non-hydrogen) atoms. The average Bonchev–Trinajstić information content (AvgIpc) is 2.83. The standard InChI is InChI=1S/C15H25BrN2O3/c1-3-7-18-12-13(16)11-14(18)15(19)17-6-4-5-8-21-10-9-20-2/h11-12H,3-10H2,1-2H3,(H,17,19). The summed E-state index contributed by atoms with van der Waals surface area (Å²) in [5.74, 6) is -0.0190. The quantitative estimate of drug-likeness (QED) is 0.617. The van der Waals surface area contributed by atoms with Crippen LogP contribution in [0.3, 0.4) is 0 Å². The van der Waals surface area contributed by atoms with Crippen LogP contribution in [0.2, 0.25) is 0 Å². The molecule has 6 heteroatoms. The van der Waals surface area contributed by atoms with E-state index in [0.29, 0.717) is 32.1 Å². The molecule has 0 bridgehead atoms. The van der Waals surface area contributed by atoms with Crippen LogP contribution in [0.4, 0.5) is 0 Å². The molecular formula is C15H25BrN2O3. The fourth-order valence-electron chi connectivity index (χ4n) is 1.96. The number of hydrogen-bond acceptors (Lipinski definition) is 3. The second-order valence-electron chi connectivity index (χ2n) is 4.81. The highest BCUT2D eigenvalue weighted by Gasteiger charge is 2.11. The number of nitrogens with zero attached hydrogens (tertiary/aromatic N) is 1. The van der Waals surface area contributed by atoms with Gasteiger partial charge in [-0.3, -0.25) is 4.79 Å². The Morgan fingerprint density at radius 3 is 2.86 bits per heavy atom. The first-order chi connectivity index (χ1) is 10.2. The van der Waals surface area contributed by atoms with Gasteiger partial charge in [0, 0.05) is 37.5 Å². The molecule has 0 radical (unpaired) electrons. The molecule has 1 rings (SSSR count). The fourth-order valence-corrected chi connectivity index (χ4v) is 2.42. The lowest BCUT2D eigenvalue weighted by atomic mass is 10.3. The molecule has 1 heterocycles. The third kappa shape index (κ3) is 7.11. The van der Waals surface area contributed by atoms with Crippen molar-refractivity contribution in [3.8, 4) is 0 Å². The minimum atomic E-state index is -0.0190. The van der Waals surface area contributed by atoms with Gasteiger partial charge in [0.2, 0.25) is 0 Å². The van der Waals surface area contributed by atoms with E-state index in [1.54, 1.807) is 7.11 Å². The fraction of sp³-hybridized carbons (Fsp3) is 0.667.